The van der Waals surface area contributed by atoms with Gasteiger partial charge in [-0.25, -0.2) is 4.98 Å². The van der Waals surface area contributed by atoms with Crippen LogP contribution in [-0.4, -0.2) is 27.9 Å². The molecule has 1 aromatic carbocycles. The van der Waals surface area contributed by atoms with Gasteiger partial charge in [0.1, 0.15) is 5.82 Å². The Kier molecular flexibility index (Phi) is 4.34. The van der Waals surface area contributed by atoms with Gasteiger partial charge in [-0.05, 0) is 37.8 Å². The largest absolute Gasteiger partial charge is 0.316 e. The topological polar surface area (TPSA) is 42.7 Å². The standard InChI is InChI=1S/C17H24N4/c1-13(15-9-6-10-18-12-15)11-16-19-17(20-21(16)2)14-7-4-3-5-8-14/h3-5,7-8,13,15,18H,6,9-12H2,1-2H3. The number of aromatic nitrogens is 3. The SMILES string of the molecule is CC(Cc1nc(-c2ccccc2)nn1C)C1CCCNC1. The predicted molar refractivity (Wildman–Crippen MR) is 84.9 cm³/mol. The van der Waals surface area contributed by atoms with Gasteiger partial charge in [-0.15, -0.1) is 0 Å². The normalized spacial score (nSPS) is 20.4. The third kappa shape index (κ3) is 3.32. The number of nitrogens with zero attached hydrogens (tertiary/aromatic N) is 3. The molecule has 4 nitrogen and oxygen atoms in total. The molecule has 1 saturated heterocycles. The van der Waals surface area contributed by atoms with Crippen molar-refractivity contribution in [1.82, 2.24) is 20.1 Å². The molecular weight excluding hydrogens is 260 g/mol. The fourth-order valence-corrected chi connectivity index (χ4v) is 3.12. The van der Waals surface area contributed by atoms with Gasteiger partial charge >= 0.3 is 0 Å². The van der Waals surface area contributed by atoms with E-state index in [1.165, 1.54) is 19.4 Å². The number of rotatable bonds is 4. The highest BCUT2D eigenvalue weighted by atomic mass is 15.3. The Bertz CT molecular complexity index is 570. The fraction of sp³-hybridized carbons (Fsp3) is 0.529. The summed E-state index contributed by atoms with van der Waals surface area (Å²) in [6.07, 6.45) is 3.63. The van der Waals surface area contributed by atoms with E-state index in [0.717, 1.165) is 36.1 Å². The van der Waals surface area contributed by atoms with Gasteiger partial charge in [-0.2, -0.15) is 5.10 Å². The zero-order chi connectivity index (χ0) is 14.7. The first-order chi connectivity index (χ1) is 10.2. The minimum atomic E-state index is 0.643. The highest BCUT2D eigenvalue weighted by molar-refractivity contribution is 5.53. The quantitative estimate of drug-likeness (QED) is 0.938. The highest BCUT2D eigenvalue weighted by Crippen LogP contribution is 2.23. The van der Waals surface area contributed by atoms with Crippen LogP contribution in [0.1, 0.15) is 25.6 Å². The zero-order valence-corrected chi connectivity index (χ0v) is 12.9. The molecule has 1 aliphatic rings. The molecule has 3 rings (SSSR count). The van der Waals surface area contributed by atoms with Gasteiger partial charge < -0.3 is 5.32 Å². The Morgan fingerprint density at radius 2 is 2.14 bits per heavy atom. The smallest absolute Gasteiger partial charge is 0.181 e. The van der Waals surface area contributed by atoms with E-state index in [9.17, 15) is 0 Å². The summed E-state index contributed by atoms with van der Waals surface area (Å²) in [5.74, 6) is 3.33. The molecule has 2 atom stereocenters. The van der Waals surface area contributed by atoms with E-state index < -0.39 is 0 Å². The summed E-state index contributed by atoms with van der Waals surface area (Å²) >= 11 is 0. The molecule has 0 aliphatic carbocycles. The third-order valence-electron chi connectivity index (χ3n) is 4.53. The van der Waals surface area contributed by atoms with Crippen LogP contribution in [0, 0.1) is 11.8 Å². The Morgan fingerprint density at radius 1 is 1.33 bits per heavy atom. The molecule has 4 heteroatoms. The number of hydrogen-bond acceptors (Lipinski definition) is 3. The van der Waals surface area contributed by atoms with Gasteiger partial charge in [-0.1, -0.05) is 37.3 Å². The predicted octanol–water partition coefficient (Wildman–Crippen LogP) is 2.66. The monoisotopic (exact) mass is 284 g/mol. The van der Waals surface area contributed by atoms with Gasteiger partial charge in [0.2, 0.25) is 0 Å². The molecule has 0 radical (unpaired) electrons. The Morgan fingerprint density at radius 3 is 2.86 bits per heavy atom. The lowest BCUT2D eigenvalue weighted by molar-refractivity contribution is 0.274. The first kappa shape index (κ1) is 14.3. The molecule has 0 amide bonds. The number of piperidine rings is 1. The lowest BCUT2D eigenvalue weighted by atomic mass is 9.85. The number of benzene rings is 1. The maximum absolute atomic E-state index is 4.75. The first-order valence-corrected chi connectivity index (χ1v) is 7.90. The van der Waals surface area contributed by atoms with Crippen LogP contribution >= 0.6 is 0 Å². The van der Waals surface area contributed by atoms with Crippen molar-refractivity contribution in [3.05, 3.63) is 36.2 Å². The van der Waals surface area contributed by atoms with Crippen LogP contribution in [0.5, 0.6) is 0 Å². The molecule has 1 fully saturated rings. The van der Waals surface area contributed by atoms with Gasteiger partial charge in [-0.3, -0.25) is 4.68 Å². The van der Waals surface area contributed by atoms with Crippen LogP contribution in [0.3, 0.4) is 0 Å². The van der Waals surface area contributed by atoms with Crippen LogP contribution in [0.4, 0.5) is 0 Å². The maximum atomic E-state index is 4.75. The van der Waals surface area contributed by atoms with Crippen molar-refractivity contribution in [2.24, 2.45) is 18.9 Å². The summed E-state index contributed by atoms with van der Waals surface area (Å²) in [5.41, 5.74) is 1.09. The number of nitrogens with one attached hydrogen (secondary N) is 1. The summed E-state index contributed by atoms with van der Waals surface area (Å²) in [7, 11) is 2.00. The average Bonchev–Trinajstić information content (AvgIpc) is 2.90. The second-order valence-corrected chi connectivity index (χ2v) is 6.13. The summed E-state index contributed by atoms with van der Waals surface area (Å²) in [6, 6.07) is 10.2. The molecule has 2 aromatic rings. The third-order valence-corrected chi connectivity index (χ3v) is 4.53. The molecule has 0 spiro atoms. The molecule has 21 heavy (non-hydrogen) atoms. The van der Waals surface area contributed by atoms with Crippen LogP contribution in [0.15, 0.2) is 30.3 Å². The molecule has 1 N–H and O–H groups in total. The molecule has 0 bridgehead atoms. The van der Waals surface area contributed by atoms with Crippen molar-refractivity contribution in [1.29, 1.82) is 0 Å². The average molecular weight is 284 g/mol. The molecular formula is C17H24N4. The lowest BCUT2D eigenvalue weighted by Crippen LogP contribution is -2.34. The minimum absolute atomic E-state index is 0.643. The summed E-state index contributed by atoms with van der Waals surface area (Å²) < 4.78 is 1.94. The first-order valence-electron chi connectivity index (χ1n) is 7.90. The Labute approximate surface area is 126 Å². The second kappa shape index (κ2) is 6.39. The summed E-state index contributed by atoms with van der Waals surface area (Å²) in [4.78, 5) is 4.75. The minimum Gasteiger partial charge on any atom is -0.316 e. The highest BCUT2D eigenvalue weighted by Gasteiger charge is 2.22. The van der Waals surface area contributed by atoms with Crippen molar-refractivity contribution >= 4 is 0 Å². The van der Waals surface area contributed by atoms with E-state index in [1.807, 2.05) is 29.9 Å². The summed E-state index contributed by atoms with van der Waals surface area (Å²) in [5, 5.41) is 8.07. The van der Waals surface area contributed by atoms with Crippen molar-refractivity contribution in [2.45, 2.75) is 26.2 Å². The molecule has 2 unspecified atom stereocenters. The zero-order valence-electron chi connectivity index (χ0n) is 12.9. The van der Waals surface area contributed by atoms with Gasteiger partial charge in [0, 0.05) is 19.0 Å². The number of hydrogen-bond donors (Lipinski definition) is 1. The van der Waals surface area contributed by atoms with Crippen LogP contribution in [0.2, 0.25) is 0 Å². The summed E-state index contributed by atoms with van der Waals surface area (Å²) in [6.45, 7) is 4.66. The van der Waals surface area contributed by atoms with Crippen LogP contribution in [-0.2, 0) is 13.5 Å². The molecule has 1 aliphatic heterocycles. The van der Waals surface area contributed by atoms with E-state index in [1.54, 1.807) is 0 Å². The van der Waals surface area contributed by atoms with Crippen molar-refractivity contribution in [3.8, 4) is 11.4 Å². The van der Waals surface area contributed by atoms with Crippen LogP contribution in [0.25, 0.3) is 11.4 Å². The Hall–Kier alpha value is -1.68. The van der Waals surface area contributed by atoms with E-state index in [0.29, 0.717) is 5.92 Å². The molecule has 1 aromatic heterocycles. The maximum Gasteiger partial charge on any atom is 0.181 e. The fourth-order valence-electron chi connectivity index (χ4n) is 3.12. The molecule has 0 saturated carbocycles. The molecule has 2 heterocycles. The van der Waals surface area contributed by atoms with Gasteiger partial charge in [0.25, 0.3) is 0 Å². The van der Waals surface area contributed by atoms with Gasteiger partial charge in [0.15, 0.2) is 5.82 Å². The van der Waals surface area contributed by atoms with Gasteiger partial charge in [0.05, 0.1) is 0 Å². The van der Waals surface area contributed by atoms with E-state index >= 15 is 0 Å². The van der Waals surface area contributed by atoms with E-state index in [-0.39, 0.29) is 0 Å². The van der Waals surface area contributed by atoms with Crippen molar-refractivity contribution < 1.29 is 0 Å². The lowest BCUT2D eigenvalue weighted by Gasteiger charge is -2.28. The van der Waals surface area contributed by atoms with Crippen LogP contribution < -0.4 is 5.32 Å². The van der Waals surface area contributed by atoms with Crippen molar-refractivity contribution in [2.75, 3.05) is 13.1 Å². The van der Waals surface area contributed by atoms with E-state index in [2.05, 4.69) is 29.5 Å². The van der Waals surface area contributed by atoms with E-state index in [4.69, 9.17) is 4.98 Å². The van der Waals surface area contributed by atoms with Crippen molar-refractivity contribution in [3.63, 3.8) is 0 Å². The second-order valence-electron chi connectivity index (χ2n) is 6.13. The molecule has 112 valence electrons. The number of aryl methyl sites for hydroxylation is 1. The Balaban J connectivity index is 1.72.